The number of esters is 1. The normalized spacial score (nSPS) is 33.9. The van der Waals surface area contributed by atoms with E-state index in [1.54, 1.807) is 18.2 Å². The molecule has 44 heavy (non-hydrogen) atoms. The summed E-state index contributed by atoms with van der Waals surface area (Å²) < 4.78 is 32.2. The molecule has 1 aromatic carbocycles. The van der Waals surface area contributed by atoms with Crippen molar-refractivity contribution in [1.82, 2.24) is 9.78 Å². The molecular weight excluding hydrogens is 583 g/mol. The molecule has 3 saturated carbocycles. The minimum Gasteiger partial charge on any atom is -0.457 e. The molecule has 3 aromatic rings. The number of nitrogens with zero attached hydrogens (tertiary/aromatic N) is 2. The molecule has 7 rings (SSSR count). The van der Waals surface area contributed by atoms with Gasteiger partial charge in [-0.25, -0.2) is 13.9 Å². The molecule has 7 atom stereocenters. The molecule has 4 aliphatic carbocycles. The van der Waals surface area contributed by atoms with E-state index in [0.29, 0.717) is 12.8 Å². The van der Waals surface area contributed by atoms with Crippen LogP contribution in [0.5, 0.6) is 0 Å². The zero-order chi connectivity index (χ0) is 30.9. The lowest BCUT2D eigenvalue weighted by atomic mass is 9.45. The molecule has 0 saturated heterocycles. The third-order valence-electron chi connectivity index (χ3n) is 11.2. The number of aliphatic hydroxyl groups is 1. The third-order valence-corrected chi connectivity index (χ3v) is 12.2. The molecule has 4 aliphatic rings. The Balaban J connectivity index is 1.22. The van der Waals surface area contributed by atoms with Gasteiger partial charge in [-0.3, -0.25) is 4.79 Å². The lowest BCUT2D eigenvalue weighted by molar-refractivity contribution is -0.175. The molecule has 0 bridgehead atoms. The number of allylic oxidation sites excluding steroid dienone is 1. The Kier molecular flexibility index (Phi) is 7.18. The highest BCUT2D eigenvalue weighted by atomic mass is 32.2. The van der Waals surface area contributed by atoms with Gasteiger partial charge in [0.1, 0.15) is 5.82 Å². The van der Waals surface area contributed by atoms with Crippen molar-refractivity contribution in [2.24, 2.45) is 28.6 Å². The lowest BCUT2D eigenvalue weighted by Crippen LogP contribution is -2.62. The van der Waals surface area contributed by atoms with E-state index in [1.165, 1.54) is 37.1 Å². The van der Waals surface area contributed by atoms with Crippen LogP contribution in [0.1, 0.15) is 67.8 Å². The Morgan fingerprint density at radius 1 is 1.20 bits per heavy atom. The molecule has 0 spiro atoms. The van der Waals surface area contributed by atoms with Crippen LogP contribution in [-0.4, -0.2) is 50.7 Å². The summed E-state index contributed by atoms with van der Waals surface area (Å²) in [5.41, 5.74) is 1.72. The zero-order valence-corrected chi connectivity index (χ0v) is 25.9. The molecule has 2 heterocycles. The second-order valence-corrected chi connectivity index (χ2v) is 14.2. The lowest BCUT2D eigenvalue weighted by Gasteiger charge is -2.60. The standard InChI is InChI=1S/C34H37FN2O6S/c1-32-16-20-18-36-37(23-9-7-22(35)8-10-23)26(20)15-21(32)6-11-24-25-12-13-34(31(40)44-19-41-3,33(25,2)17-27(38)29(24)32)43-30(39)28-5-4-14-42-28/h4-5,7-10,14-15,18,24-25,27,29,38H,6,11-13,16-17,19H2,1-3H3/t24-,25?,27-,29?,32-,33-,34-/m0/s1. The van der Waals surface area contributed by atoms with Gasteiger partial charge in [0.05, 0.1) is 35.9 Å². The Morgan fingerprint density at radius 2 is 2.00 bits per heavy atom. The van der Waals surface area contributed by atoms with E-state index in [0.717, 1.165) is 54.4 Å². The Morgan fingerprint density at radius 3 is 2.73 bits per heavy atom. The number of aromatic nitrogens is 2. The van der Waals surface area contributed by atoms with Crippen LogP contribution in [0, 0.1) is 34.4 Å². The topological polar surface area (TPSA) is 104 Å². The second kappa shape index (κ2) is 10.7. The molecule has 10 heteroatoms. The Hall–Kier alpha value is -3.21. The first-order valence-electron chi connectivity index (χ1n) is 15.3. The molecule has 0 radical (unpaired) electrons. The van der Waals surface area contributed by atoms with Gasteiger partial charge in [-0.2, -0.15) is 5.10 Å². The summed E-state index contributed by atoms with van der Waals surface area (Å²) in [6.45, 7) is 4.29. The van der Waals surface area contributed by atoms with Crippen LogP contribution < -0.4 is 0 Å². The van der Waals surface area contributed by atoms with Crippen LogP contribution in [0.15, 0.2) is 58.8 Å². The fraction of sp³-hybridized carbons (Fsp3) is 0.500. The van der Waals surface area contributed by atoms with Gasteiger partial charge in [-0.05, 0) is 110 Å². The molecule has 2 aromatic heterocycles. The van der Waals surface area contributed by atoms with E-state index in [2.05, 4.69) is 18.1 Å². The molecule has 8 nitrogen and oxygen atoms in total. The number of hydrogen-bond acceptors (Lipinski definition) is 8. The highest BCUT2D eigenvalue weighted by molar-refractivity contribution is 8.13. The van der Waals surface area contributed by atoms with Crippen molar-refractivity contribution in [2.45, 2.75) is 64.1 Å². The summed E-state index contributed by atoms with van der Waals surface area (Å²) in [6, 6.07) is 9.50. The highest BCUT2D eigenvalue weighted by Crippen LogP contribution is 2.69. The van der Waals surface area contributed by atoms with Gasteiger partial charge < -0.3 is 19.0 Å². The number of furan rings is 1. The summed E-state index contributed by atoms with van der Waals surface area (Å²) in [5.74, 6) is -0.565. The number of carbonyl (C=O) groups excluding carboxylic acids is 2. The average molecular weight is 621 g/mol. The van der Waals surface area contributed by atoms with Crippen molar-refractivity contribution >= 4 is 28.9 Å². The Bertz CT molecular complexity index is 1620. The maximum atomic E-state index is 14.0. The first kappa shape index (κ1) is 29.5. The third kappa shape index (κ3) is 4.28. The molecule has 3 fully saturated rings. The molecule has 0 aliphatic heterocycles. The van der Waals surface area contributed by atoms with E-state index in [1.807, 2.05) is 17.8 Å². The van der Waals surface area contributed by atoms with E-state index >= 15 is 0 Å². The number of benzene rings is 1. The van der Waals surface area contributed by atoms with Crippen molar-refractivity contribution < 1.29 is 33.0 Å². The van der Waals surface area contributed by atoms with E-state index in [-0.39, 0.29) is 45.8 Å². The van der Waals surface area contributed by atoms with Gasteiger partial charge in [-0.1, -0.05) is 31.2 Å². The van der Waals surface area contributed by atoms with E-state index < -0.39 is 23.1 Å². The van der Waals surface area contributed by atoms with Crippen molar-refractivity contribution in [2.75, 3.05) is 13.0 Å². The molecule has 232 valence electrons. The minimum absolute atomic E-state index is 0.0267. The Labute approximate surface area is 260 Å². The van der Waals surface area contributed by atoms with Crippen LogP contribution in [0.25, 0.3) is 11.8 Å². The minimum atomic E-state index is -1.41. The number of halogens is 1. The van der Waals surface area contributed by atoms with Gasteiger partial charge >= 0.3 is 5.97 Å². The average Bonchev–Trinajstić information content (AvgIpc) is 3.73. The van der Waals surface area contributed by atoms with Crippen molar-refractivity contribution in [3.05, 3.63) is 77.3 Å². The summed E-state index contributed by atoms with van der Waals surface area (Å²) in [4.78, 5) is 27.3. The van der Waals surface area contributed by atoms with Gasteiger partial charge in [0, 0.05) is 12.5 Å². The van der Waals surface area contributed by atoms with Crippen LogP contribution >= 0.6 is 11.8 Å². The number of aliphatic hydroxyl groups excluding tert-OH is 1. The summed E-state index contributed by atoms with van der Waals surface area (Å²) in [5, 5.41) is 16.5. The molecule has 0 amide bonds. The maximum absolute atomic E-state index is 14.0. The van der Waals surface area contributed by atoms with Crippen molar-refractivity contribution in [3.8, 4) is 5.69 Å². The number of thioether (sulfide) groups is 1. The van der Waals surface area contributed by atoms with Crippen LogP contribution in [-0.2, 0) is 20.7 Å². The zero-order valence-electron chi connectivity index (χ0n) is 25.1. The predicted octanol–water partition coefficient (Wildman–Crippen LogP) is 6.22. The summed E-state index contributed by atoms with van der Waals surface area (Å²) in [6.07, 6.45) is 8.72. The van der Waals surface area contributed by atoms with Gasteiger partial charge in [0.15, 0.2) is 5.60 Å². The number of hydrogen-bond donors (Lipinski definition) is 1. The summed E-state index contributed by atoms with van der Waals surface area (Å²) in [7, 11) is 1.53. The predicted molar refractivity (Wildman–Crippen MR) is 162 cm³/mol. The maximum Gasteiger partial charge on any atom is 0.375 e. The monoisotopic (exact) mass is 620 g/mol. The number of fused-ring (bicyclic) bond motifs is 6. The van der Waals surface area contributed by atoms with Gasteiger partial charge in [0.2, 0.25) is 10.9 Å². The first-order valence-corrected chi connectivity index (χ1v) is 16.2. The second-order valence-electron chi connectivity index (χ2n) is 13.3. The number of carbonyl (C=O) groups is 2. The van der Waals surface area contributed by atoms with E-state index in [9.17, 15) is 19.1 Å². The van der Waals surface area contributed by atoms with E-state index in [4.69, 9.17) is 13.9 Å². The van der Waals surface area contributed by atoms with Crippen molar-refractivity contribution in [1.29, 1.82) is 0 Å². The molecule has 2 unspecified atom stereocenters. The number of methoxy groups -OCH3 is 1. The van der Waals surface area contributed by atoms with Crippen molar-refractivity contribution in [3.63, 3.8) is 0 Å². The highest BCUT2D eigenvalue weighted by Gasteiger charge is 2.70. The smallest absolute Gasteiger partial charge is 0.375 e. The summed E-state index contributed by atoms with van der Waals surface area (Å²) >= 11 is 1.02. The fourth-order valence-electron chi connectivity index (χ4n) is 9.34. The quantitative estimate of drug-likeness (QED) is 0.256. The fourth-order valence-corrected chi connectivity index (χ4v) is 10.2. The van der Waals surface area contributed by atoms with Crippen LogP contribution in [0.2, 0.25) is 0 Å². The SMILES string of the molecule is COCSC(=O)[C@@]1(OC(=O)c2ccco2)CCC2[C@@H]3CCC4=Cc5c(cnn5-c5ccc(F)cc5)C[C@]4(C)C3[C@@H](O)C[C@@]21C. The number of ether oxygens (including phenoxy) is 2. The van der Waals surface area contributed by atoms with Crippen LogP contribution in [0.4, 0.5) is 4.39 Å². The molecular formula is C34H37FN2O6S. The molecule has 1 N–H and O–H groups in total. The number of rotatable bonds is 6. The van der Waals surface area contributed by atoms with Gasteiger partial charge in [-0.15, -0.1) is 0 Å². The first-order chi connectivity index (χ1) is 21.1. The van der Waals surface area contributed by atoms with Crippen LogP contribution in [0.3, 0.4) is 0 Å². The van der Waals surface area contributed by atoms with Gasteiger partial charge in [0.25, 0.3) is 0 Å². The largest absolute Gasteiger partial charge is 0.457 e.